The SMILES string of the molecule is COc1ccccc1-c1nc2c(OC)ccc(OC)c2cc1CN(C[C@H]1CCCO1)C(=O)CCn1ccc(C)n1. The number of ether oxygens (including phenoxy) is 4. The Morgan fingerprint density at radius 2 is 1.82 bits per heavy atom. The molecule has 5 rings (SSSR count). The number of fused-ring (bicyclic) bond motifs is 1. The average Bonchev–Trinajstić information content (AvgIpc) is 3.66. The van der Waals surface area contributed by atoms with Crippen molar-refractivity contribution in [1.29, 1.82) is 0 Å². The van der Waals surface area contributed by atoms with Gasteiger partial charge >= 0.3 is 0 Å². The number of benzene rings is 2. The van der Waals surface area contributed by atoms with Crippen LogP contribution in [0.5, 0.6) is 17.2 Å². The molecule has 0 saturated carbocycles. The van der Waals surface area contributed by atoms with Gasteiger partial charge in [0.05, 0.1) is 38.8 Å². The van der Waals surface area contributed by atoms with Gasteiger partial charge in [-0.05, 0) is 61.7 Å². The fourth-order valence-corrected chi connectivity index (χ4v) is 5.24. The Balaban J connectivity index is 1.58. The Labute approximate surface area is 234 Å². The molecule has 0 bridgehead atoms. The Bertz CT molecular complexity index is 1480. The molecule has 4 aromatic rings. The van der Waals surface area contributed by atoms with Gasteiger partial charge in [-0.15, -0.1) is 0 Å². The molecule has 1 fully saturated rings. The van der Waals surface area contributed by atoms with Crippen LogP contribution in [-0.4, -0.2) is 66.2 Å². The van der Waals surface area contributed by atoms with Crippen LogP contribution in [0, 0.1) is 6.92 Å². The molecule has 0 spiro atoms. The van der Waals surface area contributed by atoms with Gasteiger partial charge in [-0.1, -0.05) is 12.1 Å². The van der Waals surface area contributed by atoms with Crippen molar-refractivity contribution in [2.24, 2.45) is 0 Å². The second-order valence-electron chi connectivity index (χ2n) is 9.94. The molecule has 1 amide bonds. The fourth-order valence-electron chi connectivity index (χ4n) is 5.24. The zero-order valence-electron chi connectivity index (χ0n) is 23.6. The summed E-state index contributed by atoms with van der Waals surface area (Å²) in [7, 11) is 4.91. The number of hydrogen-bond donors (Lipinski definition) is 0. The molecule has 0 aliphatic carbocycles. The number of methoxy groups -OCH3 is 3. The molecule has 1 atom stereocenters. The van der Waals surface area contributed by atoms with Gasteiger partial charge in [0.25, 0.3) is 0 Å². The van der Waals surface area contributed by atoms with E-state index in [2.05, 4.69) is 11.2 Å². The van der Waals surface area contributed by atoms with Crippen LogP contribution in [0.25, 0.3) is 22.2 Å². The molecule has 1 aliphatic heterocycles. The van der Waals surface area contributed by atoms with Crippen molar-refractivity contribution in [2.75, 3.05) is 34.5 Å². The second kappa shape index (κ2) is 12.4. The fraction of sp³-hybridized carbons (Fsp3) is 0.387. The standard InChI is InChI=1S/C31H36N4O5/c1-21-13-15-35(33-21)16-14-29(36)34(20-23-8-7-17-40-23)19-22-18-25-27(38-3)11-12-28(39-4)31(25)32-30(22)24-9-5-6-10-26(24)37-2/h5-6,9-13,15,18,23H,7-8,14,16-17,19-20H2,1-4H3/t23-/m1/s1. The summed E-state index contributed by atoms with van der Waals surface area (Å²) in [6, 6.07) is 15.5. The van der Waals surface area contributed by atoms with Gasteiger partial charge in [0.1, 0.15) is 22.8 Å². The third kappa shape index (κ3) is 5.89. The van der Waals surface area contributed by atoms with Crippen molar-refractivity contribution in [3.8, 4) is 28.5 Å². The highest BCUT2D eigenvalue weighted by Crippen LogP contribution is 2.38. The van der Waals surface area contributed by atoms with E-state index in [1.54, 1.807) is 21.3 Å². The summed E-state index contributed by atoms with van der Waals surface area (Å²) < 4.78 is 24.8. The zero-order chi connectivity index (χ0) is 28.1. The summed E-state index contributed by atoms with van der Waals surface area (Å²) in [6.07, 6.45) is 4.17. The molecule has 40 heavy (non-hydrogen) atoms. The van der Waals surface area contributed by atoms with Crippen molar-refractivity contribution in [1.82, 2.24) is 19.7 Å². The average molecular weight is 545 g/mol. The van der Waals surface area contributed by atoms with E-state index in [0.29, 0.717) is 48.8 Å². The predicted octanol–water partition coefficient (Wildman–Crippen LogP) is 5.03. The molecular weight excluding hydrogens is 508 g/mol. The van der Waals surface area contributed by atoms with E-state index in [1.807, 2.05) is 65.2 Å². The lowest BCUT2D eigenvalue weighted by Crippen LogP contribution is -2.37. The summed E-state index contributed by atoms with van der Waals surface area (Å²) >= 11 is 0. The first-order valence-electron chi connectivity index (χ1n) is 13.6. The van der Waals surface area contributed by atoms with Crippen LogP contribution in [0.3, 0.4) is 0 Å². The number of amides is 1. The van der Waals surface area contributed by atoms with Crippen LogP contribution in [0.1, 0.15) is 30.5 Å². The molecule has 1 saturated heterocycles. The lowest BCUT2D eigenvalue weighted by molar-refractivity contribution is -0.133. The van der Waals surface area contributed by atoms with E-state index >= 15 is 0 Å². The number of hydrogen-bond acceptors (Lipinski definition) is 7. The molecule has 2 aromatic carbocycles. The smallest absolute Gasteiger partial charge is 0.224 e. The van der Waals surface area contributed by atoms with Gasteiger partial charge < -0.3 is 23.8 Å². The van der Waals surface area contributed by atoms with Gasteiger partial charge in [-0.3, -0.25) is 9.48 Å². The summed E-state index contributed by atoms with van der Waals surface area (Å²) in [4.78, 5) is 20.7. The van der Waals surface area contributed by atoms with Gasteiger partial charge in [0.15, 0.2) is 0 Å². The van der Waals surface area contributed by atoms with E-state index in [0.717, 1.165) is 47.3 Å². The number of carbonyl (C=O) groups excluding carboxylic acids is 1. The Morgan fingerprint density at radius 1 is 1.05 bits per heavy atom. The third-order valence-corrected chi connectivity index (χ3v) is 7.28. The van der Waals surface area contributed by atoms with Gasteiger partial charge in [0, 0.05) is 49.8 Å². The summed E-state index contributed by atoms with van der Waals surface area (Å²) in [6.45, 7) is 4.04. The van der Waals surface area contributed by atoms with Crippen molar-refractivity contribution in [3.63, 3.8) is 0 Å². The van der Waals surface area contributed by atoms with Crippen LogP contribution in [0.4, 0.5) is 0 Å². The number of aryl methyl sites for hydroxylation is 2. The van der Waals surface area contributed by atoms with E-state index in [-0.39, 0.29) is 12.0 Å². The molecule has 9 heteroatoms. The quantitative estimate of drug-likeness (QED) is 0.262. The monoisotopic (exact) mass is 544 g/mol. The lowest BCUT2D eigenvalue weighted by atomic mass is 10.0. The van der Waals surface area contributed by atoms with Gasteiger partial charge in [-0.25, -0.2) is 4.98 Å². The summed E-state index contributed by atoms with van der Waals surface area (Å²) in [5.41, 5.74) is 4.05. The Morgan fingerprint density at radius 3 is 2.52 bits per heavy atom. The molecule has 3 heterocycles. The maximum Gasteiger partial charge on any atom is 0.224 e. The number of pyridine rings is 1. The number of nitrogens with zero attached hydrogens (tertiary/aromatic N) is 4. The van der Waals surface area contributed by atoms with E-state index < -0.39 is 0 Å². The van der Waals surface area contributed by atoms with Crippen molar-refractivity contribution in [2.45, 2.75) is 45.4 Å². The minimum atomic E-state index is 0.00801. The highest BCUT2D eigenvalue weighted by atomic mass is 16.5. The van der Waals surface area contributed by atoms with Crippen LogP contribution in [0.2, 0.25) is 0 Å². The third-order valence-electron chi connectivity index (χ3n) is 7.28. The lowest BCUT2D eigenvalue weighted by Gasteiger charge is -2.27. The van der Waals surface area contributed by atoms with E-state index in [9.17, 15) is 4.79 Å². The highest BCUT2D eigenvalue weighted by molar-refractivity contribution is 5.93. The zero-order valence-corrected chi connectivity index (χ0v) is 23.6. The largest absolute Gasteiger partial charge is 0.496 e. The van der Waals surface area contributed by atoms with Crippen LogP contribution in [0.15, 0.2) is 54.7 Å². The molecule has 0 unspecified atom stereocenters. The van der Waals surface area contributed by atoms with Gasteiger partial charge in [0.2, 0.25) is 5.91 Å². The first kappa shape index (κ1) is 27.5. The molecule has 1 aliphatic rings. The summed E-state index contributed by atoms with van der Waals surface area (Å²) in [5.74, 6) is 2.05. The topological polar surface area (TPSA) is 87.9 Å². The minimum absolute atomic E-state index is 0.00801. The van der Waals surface area contributed by atoms with Crippen molar-refractivity contribution >= 4 is 16.8 Å². The van der Waals surface area contributed by atoms with Crippen molar-refractivity contribution < 1.29 is 23.7 Å². The molecule has 9 nitrogen and oxygen atoms in total. The maximum atomic E-state index is 13.7. The molecular formula is C31H36N4O5. The van der Waals surface area contributed by atoms with Crippen molar-refractivity contribution in [3.05, 3.63) is 66.0 Å². The normalized spacial score (nSPS) is 14.8. The predicted molar refractivity (Wildman–Crippen MR) is 153 cm³/mol. The Hall–Kier alpha value is -4.11. The van der Waals surface area contributed by atoms with E-state index in [1.165, 1.54) is 0 Å². The molecule has 0 N–H and O–H groups in total. The number of aromatic nitrogens is 3. The van der Waals surface area contributed by atoms with Crippen LogP contribution in [-0.2, 0) is 22.6 Å². The first-order valence-corrected chi connectivity index (χ1v) is 13.6. The number of rotatable bonds is 11. The van der Waals surface area contributed by atoms with Crippen LogP contribution >= 0.6 is 0 Å². The minimum Gasteiger partial charge on any atom is -0.496 e. The maximum absolute atomic E-state index is 13.7. The molecule has 210 valence electrons. The number of carbonyl (C=O) groups is 1. The molecule has 2 aromatic heterocycles. The summed E-state index contributed by atoms with van der Waals surface area (Å²) in [5, 5.41) is 5.26. The Kier molecular flexibility index (Phi) is 8.50. The van der Waals surface area contributed by atoms with E-state index in [4.69, 9.17) is 23.9 Å². The highest BCUT2D eigenvalue weighted by Gasteiger charge is 2.25. The number of para-hydroxylation sites is 1. The first-order chi connectivity index (χ1) is 19.5. The molecule has 0 radical (unpaired) electrons. The second-order valence-corrected chi connectivity index (χ2v) is 9.94. The van der Waals surface area contributed by atoms with Crippen LogP contribution < -0.4 is 14.2 Å². The van der Waals surface area contributed by atoms with Gasteiger partial charge in [-0.2, -0.15) is 5.10 Å².